The Labute approximate surface area is 81.4 Å². The van der Waals surface area contributed by atoms with Gasteiger partial charge in [-0.15, -0.1) is 6.58 Å². The van der Waals surface area contributed by atoms with Crippen LogP contribution >= 0.6 is 0 Å². The standard InChI is InChI=1S/C11H21NO/c1-6-7-10(12-9(4)5)11(13)8(2)3/h6,8-10,12H,1,7H2,2-5H3. The molecule has 0 radical (unpaired) electrons. The Balaban J connectivity index is 4.23. The summed E-state index contributed by atoms with van der Waals surface area (Å²) in [6.45, 7) is 11.6. The first-order valence-corrected chi connectivity index (χ1v) is 4.89. The second-order valence-electron chi connectivity index (χ2n) is 3.96. The second-order valence-corrected chi connectivity index (χ2v) is 3.96. The number of nitrogens with one attached hydrogen (secondary N) is 1. The van der Waals surface area contributed by atoms with Crippen molar-refractivity contribution in [2.45, 2.75) is 46.2 Å². The molecule has 1 N–H and O–H groups in total. The van der Waals surface area contributed by atoms with Gasteiger partial charge in [0.1, 0.15) is 0 Å². The fourth-order valence-electron chi connectivity index (χ4n) is 1.24. The van der Waals surface area contributed by atoms with Crippen molar-refractivity contribution in [3.63, 3.8) is 0 Å². The molecule has 0 aliphatic rings. The Morgan fingerprint density at radius 1 is 1.38 bits per heavy atom. The van der Waals surface area contributed by atoms with Crippen LogP contribution in [0.25, 0.3) is 0 Å². The van der Waals surface area contributed by atoms with E-state index in [1.807, 2.05) is 27.7 Å². The molecule has 0 saturated heterocycles. The number of rotatable bonds is 6. The maximum atomic E-state index is 11.7. The smallest absolute Gasteiger partial charge is 0.152 e. The molecular formula is C11H21NO. The lowest BCUT2D eigenvalue weighted by Gasteiger charge is -2.20. The highest BCUT2D eigenvalue weighted by atomic mass is 16.1. The zero-order valence-electron chi connectivity index (χ0n) is 9.13. The normalized spacial score (nSPS) is 13.4. The van der Waals surface area contributed by atoms with E-state index in [1.54, 1.807) is 6.08 Å². The van der Waals surface area contributed by atoms with Crippen molar-refractivity contribution in [1.82, 2.24) is 5.32 Å². The average Bonchev–Trinajstić information content (AvgIpc) is 2.01. The fourth-order valence-corrected chi connectivity index (χ4v) is 1.24. The minimum atomic E-state index is -0.0579. The van der Waals surface area contributed by atoms with Crippen LogP contribution in [0.3, 0.4) is 0 Å². The highest BCUT2D eigenvalue weighted by Gasteiger charge is 2.19. The predicted molar refractivity (Wildman–Crippen MR) is 56.7 cm³/mol. The highest BCUT2D eigenvalue weighted by molar-refractivity contribution is 5.85. The van der Waals surface area contributed by atoms with Crippen molar-refractivity contribution >= 4 is 5.78 Å². The molecule has 0 aromatic heterocycles. The van der Waals surface area contributed by atoms with Gasteiger partial charge in [-0.3, -0.25) is 4.79 Å². The van der Waals surface area contributed by atoms with Crippen LogP contribution in [0.15, 0.2) is 12.7 Å². The predicted octanol–water partition coefficient (Wildman–Crippen LogP) is 2.15. The Morgan fingerprint density at radius 3 is 2.23 bits per heavy atom. The zero-order chi connectivity index (χ0) is 10.4. The van der Waals surface area contributed by atoms with Gasteiger partial charge in [-0.25, -0.2) is 0 Å². The lowest BCUT2D eigenvalue weighted by atomic mass is 9.99. The van der Waals surface area contributed by atoms with Gasteiger partial charge in [-0.05, 0) is 6.42 Å². The van der Waals surface area contributed by atoms with E-state index >= 15 is 0 Å². The number of ketones is 1. The number of carbonyl (C=O) groups is 1. The summed E-state index contributed by atoms with van der Waals surface area (Å²) in [6, 6.07) is 0.283. The molecule has 0 aliphatic carbocycles. The first-order valence-electron chi connectivity index (χ1n) is 4.89. The fraction of sp³-hybridized carbons (Fsp3) is 0.727. The molecular weight excluding hydrogens is 162 g/mol. The maximum Gasteiger partial charge on any atom is 0.152 e. The average molecular weight is 183 g/mol. The quantitative estimate of drug-likeness (QED) is 0.639. The first-order chi connectivity index (χ1) is 5.99. The van der Waals surface area contributed by atoms with Crippen LogP contribution in [-0.4, -0.2) is 17.9 Å². The third-order valence-electron chi connectivity index (χ3n) is 1.85. The molecule has 13 heavy (non-hydrogen) atoms. The molecule has 0 fully saturated rings. The Bertz CT molecular complexity index is 173. The van der Waals surface area contributed by atoms with Crippen LogP contribution in [0.1, 0.15) is 34.1 Å². The molecule has 0 heterocycles. The van der Waals surface area contributed by atoms with Crippen molar-refractivity contribution in [1.29, 1.82) is 0 Å². The highest BCUT2D eigenvalue weighted by Crippen LogP contribution is 2.05. The van der Waals surface area contributed by atoms with Crippen molar-refractivity contribution < 1.29 is 4.79 Å². The monoisotopic (exact) mass is 183 g/mol. The lowest BCUT2D eigenvalue weighted by Crippen LogP contribution is -2.42. The van der Waals surface area contributed by atoms with Gasteiger partial charge in [0.05, 0.1) is 6.04 Å². The van der Waals surface area contributed by atoms with Crippen LogP contribution in [0.2, 0.25) is 0 Å². The van der Waals surface area contributed by atoms with E-state index in [0.29, 0.717) is 6.04 Å². The summed E-state index contributed by atoms with van der Waals surface area (Å²) >= 11 is 0. The van der Waals surface area contributed by atoms with Crippen LogP contribution in [0.5, 0.6) is 0 Å². The van der Waals surface area contributed by atoms with Crippen LogP contribution in [0, 0.1) is 5.92 Å². The molecule has 0 amide bonds. The molecule has 0 saturated carbocycles. The van der Waals surface area contributed by atoms with E-state index in [-0.39, 0.29) is 17.7 Å². The molecule has 2 nitrogen and oxygen atoms in total. The van der Waals surface area contributed by atoms with Crippen molar-refractivity contribution in [3.05, 3.63) is 12.7 Å². The topological polar surface area (TPSA) is 29.1 Å². The third-order valence-corrected chi connectivity index (χ3v) is 1.85. The van der Waals surface area contributed by atoms with Gasteiger partial charge in [0.25, 0.3) is 0 Å². The maximum absolute atomic E-state index is 11.7. The summed E-state index contributed by atoms with van der Waals surface area (Å²) in [7, 11) is 0. The summed E-state index contributed by atoms with van der Waals surface area (Å²) in [5.41, 5.74) is 0. The van der Waals surface area contributed by atoms with E-state index in [4.69, 9.17) is 0 Å². The summed E-state index contributed by atoms with van der Waals surface area (Å²) in [4.78, 5) is 11.7. The van der Waals surface area contributed by atoms with Crippen molar-refractivity contribution in [2.24, 2.45) is 5.92 Å². The van der Waals surface area contributed by atoms with Crippen LogP contribution < -0.4 is 5.32 Å². The van der Waals surface area contributed by atoms with E-state index in [9.17, 15) is 4.79 Å². The molecule has 0 spiro atoms. The molecule has 0 aliphatic heterocycles. The number of Topliss-reactive ketones (excluding diaryl/α,β-unsaturated/α-hetero) is 1. The number of carbonyl (C=O) groups excluding carboxylic acids is 1. The van der Waals surface area contributed by atoms with E-state index in [1.165, 1.54) is 0 Å². The van der Waals surface area contributed by atoms with Crippen LogP contribution in [0.4, 0.5) is 0 Å². The van der Waals surface area contributed by atoms with Gasteiger partial charge < -0.3 is 5.32 Å². The van der Waals surface area contributed by atoms with Gasteiger partial charge >= 0.3 is 0 Å². The minimum absolute atomic E-state index is 0.0579. The van der Waals surface area contributed by atoms with Crippen molar-refractivity contribution in [3.8, 4) is 0 Å². The van der Waals surface area contributed by atoms with Gasteiger partial charge in [-0.2, -0.15) is 0 Å². The molecule has 0 aromatic carbocycles. The number of hydrogen-bond donors (Lipinski definition) is 1. The molecule has 0 rings (SSSR count). The summed E-state index contributed by atoms with van der Waals surface area (Å²) < 4.78 is 0. The Kier molecular flexibility index (Phi) is 5.63. The Hall–Kier alpha value is -0.630. The zero-order valence-corrected chi connectivity index (χ0v) is 9.13. The summed E-state index contributed by atoms with van der Waals surface area (Å²) in [5.74, 6) is 0.366. The van der Waals surface area contributed by atoms with E-state index < -0.39 is 0 Å². The largest absolute Gasteiger partial charge is 0.305 e. The lowest BCUT2D eigenvalue weighted by molar-refractivity contribution is -0.124. The van der Waals surface area contributed by atoms with Gasteiger partial charge in [0, 0.05) is 12.0 Å². The number of hydrogen-bond acceptors (Lipinski definition) is 2. The summed E-state index contributed by atoms with van der Waals surface area (Å²) in [6.07, 6.45) is 2.51. The SMILES string of the molecule is C=CCC(NC(C)C)C(=O)C(C)C. The summed E-state index contributed by atoms with van der Waals surface area (Å²) in [5, 5.41) is 3.24. The van der Waals surface area contributed by atoms with Gasteiger partial charge in [0.15, 0.2) is 5.78 Å². The minimum Gasteiger partial charge on any atom is -0.305 e. The molecule has 0 aromatic rings. The van der Waals surface area contributed by atoms with E-state index in [0.717, 1.165) is 6.42 Å². The first kappa shape index (κ1) is 12.4. The Morgan fingerprint density at radius 2 is 1.92 bits per heavy atom. The van der Waals surface area contributed by atoms with Crippen molar-refractivity contribution in [2.75, 3.05) is 0 Å². The third kappa shape index (κ3) is 4.83. The molecule has 1 unspecified atom stereocenters. The van der Waals surface area contributed by atoms with Gasteiger partial charge in [0.2, 0.25) is 0 Å². The molecule has 0 bridgehead atoms. The molecule has 2 heteroatoms. The second kappa shape index (κ2) is 5.92. The van der Waals surface area contributed by atoms with Crippen LogP contribution in [-0.2, 0) is 4.79 Å². The van der Waals surface area contributed by atoms with E-state index in [2.05, 4.69) is 11.9 Å². The molecule has 76 valence electrons. The van der Waals surface area contributed by atoms with Gasteiger partial charge in [-0.1, -0.05) is 33.8 Å². The molecule has 1 atom stereocenters.